The summed E-state index contributed by atoms with van der Waals surface area (Å²) < 4.78 is 10.4. The highest BCUT2D eigenvalue weighted by Crippen LogP contribution is 2.42. The molecule has 56 valence electrons. The largest absolute Gasteiger partial charge is 0.304 e. The molecule has 1 unspecified atom stereocenters. The van der Waals surface area contributed by atoms with E-state index in [1.54, 1.807) is 0 Å². The maximum absolute atomic E-state index is 10.4. The summed E-state index contributed by atoms with van der Waals surface area (Å²) in [7, 11) is 0. The summed E-state index contributed by atoms with van der Waals surface area (Å²) in [6.45, 7) is 2.16. The summed E-state index contributed by atoms with van der Waals surface area (Å²) in [6, 6.07) is 0. The van der Waals surface area contributed by atoms with Crippen LogP contribution in [0, 0.1) is 0 Å². The molecule has 0 rings (SSSR count). The van der Waals surface area contributed by atoms with Gasteiger partial charge < -0.3 is 4.57 Å². The Morgan fingerprint density at radius 2 is 2.22 bits per heavy atom. The lowest BCUT2D eigenvalue weighted by molar-refractivity contribution is 0.603. The molecule has 1 nitrogen and oxygen atoms in total. The summed E-state index contributed by atoms with van der Waals surface area (Å²) in [5.41, 5.74) is 0. The first-order valence-electron chi connectivity index (χ1n) is 3.13. The molecule has 1 atom stereocenters. The van der Waals surface area contributed by atoms with Gasteiger partial charge in [0.15, 0.2) is 6.20 Å². The zero-order valence-corrected chi connectivity index (χ0v) is 8.30. The van der Waals surface area contributed by atoms with Crippen LogP contribution in [0.5, 0.6) is 0 Å². The van der Waals surface area contributed by atoms with Crippen molar-refractivity contribution in [3.05, 3.63) is 0 Å². The average Bonchev–Trinajstić information content (AvgIpc) is 1.80. The van der Waals surface area contributed by atoms with Crippen LogP contribution in [-0.4, -0.2) is 5.75 Å². The van der Waals surface area contributed by atoms with Crippen LogP contribution in [0.15, 0.2) is 0 Å². The second-order valence-electron chi connectivity index (χ2n) is 1.82. The first-order chi connectivity index (χ1) is 4.27. The van der Waals surface area contributed by atoms with Crippen LogP contribution in [0.3, 0.4) is 0 Å². The molecule has 0 saturated carbocycles. The SMILES string of the molecule is CCCCCS[PH](=O)S. The highest BCUT2D eigenvalue weighted by atomic mass is 33.1. The predicted octanol–water partition coefficient (Wildman–Crippen LogP) is 3.23. The normalized spacial score (nSPS) is 13.6. The van der Waals surface area contributed by atoms with Gasteiger partial charge in [0.2, 0.25) is 0 Å². The third kappa shape index (κ3) is 8.93. The van der Waals surface area contributed by atoms with Gasteiger partial charge in [-0.2, -0.15) is 0 Å². The van der Waals surface area contributed by atoms with Crippen LogP contribution in [0.4, 0.5) is 0 Å². The zero-order chi connectivity index (χ0) is 7.11. The minimum absolute atomic E-state index is 1.01. The highest BCUT2D eigenvalue weighted by molar-refractivity contribution is 8.79. The standard InChI is InChI=1S/C5H13OPS2/c1-2-3-4-5-9-7(6)8/h7H,2-5H2,1H3,(H,6,8). The second kappa shape index (κ2) is 7.04. The van der Waals surface area contributed by atoms with E-state index in [2.05, 4.69) is 19.2 Å². The van der Waals surface area contributed by atoms with Crippen LogP contribution < -0.4 is 0 Å². The number of thiol groups is 1. The number of rotatable bonds is 5. The first-order valence-corrected chi connectivity index (χ1v) is 7.54. The van der Waals surface area contributed by atoms with Gasteiger partial charge in [-0.1, -0.05) is 31.1 Å². The molecule has 0 aliphatic rings. The maximum Gasteiger partial charge on any atom is 0.176 e. The highest BCUT2D eigenvalue weighted by Gasteiger charge is 1.90. The van der Waals surface area contributed by atoms with Crippen molar-refractivity contribution in [2.24, 2.45) is 0 Å². The molecule has 4 heteroatoms. The van der Waals surface area contributed by atoms with E-state index in [4.69, 9.17) is 0 Å². The minimum atomic E-state index is -1.55. The average molecular weight is 184 g/mol. The van der Waals surface area contributed by atoms with Crippen molar-refractivity contribution < 1.29 is 4.57 Å². The van der Waals surface area contributed by atoms with Crippen molar-refractivity contribution in [3.8, 4) is 0 Å². The molecule has 0 heterocycles. The van der Waals surface area contributed by atoms with E-state index in [0.717, 1.165) is 5.75 Å². The third-order valence-corrected chi connectivity index (χ3v) is 4.23. The van der Waals surface area contributed by atoms with Gasteiger partial charge >= 0.3 is 0 Å². The Labute approximate surface area is 66.7 Å². The first kappa shape index (κ1) is 9.93. The molecule has 0 aliphatic carbocycles. The Morgan fingerprint density at radius 3 is 2.67 bits per heavy atom. The van der Waals surface area contributed by atoms with Crippen molar-refractivity contribution in [1.29, 1.82) is 0 Å². The fourth-order valence-corrected chi connectivity index (χ4v) is 2.81. The lowest BCUT2D eigenvalue weighted by Gasteiger charge is -1.93. The summed E-state index contributed by atoms with van der Waals surface area (Å²) in [5.74, 6) is 1.01. The Kier molecular flexibility index (Phi) is 7.77. The molecule has 0 aromatic carbocycles. The Bertz CT molecular complexity index is 87.0. The van der Waals surface area contributed by atoms with Gasteiger partial charge in [0, 0.05) is 5.75 Å². The summed E-state index contributed by atoms with van der Waals surface area (Å²) in [5, 5.41) is 0. The minimum Gasteiger partial charge on any atom is -0.304 e. The van der Waals surface area contributed by atoms with Gasteiger partial charge in [-0.05, 0) is 6.42 Å². The topological polar surface area (TPSA) is 17.1 Å². The summed E-state index contributed by atoms with van der Waals surface area (Å²) in [4.78, 5) is 0. The van der Waals surface area contributed by atoms with Gasteiger partial charge in [-0.25, -0.2) is 0 Å². The monoisotopic (exact) mass is 184 g/mol. The summed E-state index contributed by atoms with van der Waals surface area (Å²) in [6.07, 6.45) is 2.10. The molecule has 9 heavy (non-hydrogen) atoms. The molecule has 0 fully saturated rings. The van der Waals surface area contributed by atoms with Crippen LogP contribution >= 0.6 is 29.8 Å². The van der Waals surface area contributed by atoms with Gasteiger partial charge in [0.25, 0.3) is 0 Å². The third-order valence-electron chi connectivity index (χ3n) is 0.973. The van der Waals surface area contributed by atoms with Crippen molar-refractivity contribution in [3.63, 3.8) is 0 Å². The van der Waals surface area contributed by atoms with E-state index >= 15 is 0 Å². The van der Waals surface area contributed by atoms with Crippen molar-refractivity contribution in [2.45, 2.75) is 26.2 Å². The zero-order valence-electron chi connectivity index (χ0n) is 5.59. The van der Waals surface area contributed by atoms with Crippen molar-refractivity contribution in [1.82, 2.24) is 0 Å². The molecule has 0 spiro atoms. The fraction of sp³-hybridized carbons (Fsp3) is 1.00. The van der Waals surface area contributed by atoms with E-state index in [1.807, 2.05) is 0 Å². The van der Waals surface area contributed by atoms with E-state index in [9.17, 15) is 4.57 Å². The molecule has 0 bridgehead atoms. The van der Waals surface area contributed by atoms with Gasteiger partial charge in [-0.3, -0.25) is 0 Å². The van der Waals surface area contributed by atoms with Crippen molar-refractivity contribution in [2.75, 3.05) is 5.75 Å². The summed E-state index contributed by atoms with van der Waals surface area (Å²) >= 11 is 5.29. The predicted molar refractivity (Wildman–Crippen MR) is 50.0 cm³/mol. The molecule has 0 radical (unpaired) electrons. The van der Waals surface area contributed by atoms with E-state index in [1.165, 1.54) is 30.6 Å². The molecule has 0 amide bonds. The number of unbranched alkanes of at least 4 members (excludes halogenated alkanes) is 2. The van der Waals surface area contributed by atoms with E-state index < -0.39 is 6.20 Å². The van der Waals surface area contributed by atoms with Gasteiger partial charge in [0.05, 0.1) is 0 Å². The Hall–Kier alpha value is 0.930. The molecule has 0 aromatic rings. The van der Waals surface area contributed by atoms with Crippen LogP contribution in [0.25, 0.3) is 0 Å². The fourth-order valence-electron chi connectivity index (χ4n) is 0.512. The van der Waals surface area contributed by atoms with Crippen molar-refractivity contribution >= 4 is 29.8 Å². The number of hydrogen-bond donors (Lipinski definition) is 1. The molecule has 0 aliphatic heterocycles. The van der Waals surface area contributed by atoms with Crippen LogP contribution in [-0.2, 0) is 4.57 Å². The molecule has 0 aromatic heterocycles. The van der Waals surface area contributed by atoms with Crippen LogP contribution in [0.2, 0.25) is 0 Å². The quantitative estimate of drug-likeness (QED) is 0.401. The van der Waals surface area contributed by atoms with Gasteiger partial charge in [-0.15, -0.1) is 12.2 Å². The molecular formula is C5H13OPS2. The van der Waals surface area contributed by atoms with E-state index in [-0.39, 0.29) is 0 Å². The van der Waals surface area contributed by atoms with E-state index in [0.29, 0.717) is 0 Å². The molecular weight excluding hydrogens is 171 g/mol. The number of hydrogen-bond acceptors (Lipinski definition) is 2. The molecule has 0 saturated heterocycles. The lowest BCUT2D eigenvalue weighted by Crippen LogP contribution is -1.74. The van der Waals surface area contributed by atoms with Gasteiger partial charge in [0.1, 0.15) is 0 Å². The van der Waals surface area contributed by atoms with Crippen LogP contribution in [0.1, 0.15) is 26.2 Å². The Balaban J connectivity index is 2.83. The Morgan fingerprint density at radius 1 is 1.56 bits per heavy atom. The second-order valence-corrected chi connectivity index (χ2v) is 7.15. The lowest BCUT2D eigenvalue weighted by atomic mass is 10.3. The smallest absolute Gasteiger partial charge is 0.176 e. The molecule has 0 N–H and O–H groups in total. The maximum atomic E-state index is 10.4.